The van der Waals surface area contributed by atoms with Crippen molar-refractivity contribution in [3.8, 4) is 11.1 Å². The van der Waals surface area contributed by atoms with Gasteiger partial charge in [-0.3, -0.25) is 24.2 Å². The van der Waals surface area contributed by atoms with Crippen LogP contribution in [0.15, 0.2) is 71.7 Å². The van der Waals surface area contributed by atoms with E-state index in [1.807, 2.05) is 30.3 Å². The third-order valence-corrected chi connectivity index (χ3v) is 6.81. The summed E-state index contributed by atoms with van der Waals surface area (Å²) in [4.78, 5) is 53.9. The minimum Gasteiger partial charge on any atom is -0.481 e. The Balaban J connectivity index is 1.30. The molecule has 1 aliphatic rings. The van der Waals surface area contributed by atoms with Crippen molar-refractivity contribution in [1.29, 1.82) is 0 Å². The first-order valence-corrected chi connectivity index (χ1v) is 13.8. The Labute approximate surface area is 251 Å². The first-order valence-electron chi connectivity index (χ1n) is 13.0. The van der Waals surface area contributed by atoms with Gasteiger partial charge >= 0.3 is 5.97 Å². The molecule has 3 amide bonds. The Bertz CT molecular complexity index is 1490. The van der Waals surface area contributed by atoms with Crippen LogP contribution >= 0.6 is 23.2 Å². The van der Waals surface area contributed by atoms with Crippen LogP contribution in [-0.4, -0.2) is 60.9 Å². The van der Waals surface area contributed by atoms with Crippen molar-refractivity contribution in [2.75, 3.05) is 36.8 Å². The molecule has 0 unspecified atom stereocenters. The van der Waals surface area contributed by atoms with Crippen LogP contribution < -0.4 is 26.6 Å². The molecule has 0 aliphatic carbocycles. The molecule has 0 radical (unpaired) electrons. The largest absolute Gasteiger partial charge is 0.481 e. The number of nitrogens with one attached hydrogen (secondary N) is 5. The van der Waals surface area contributed by atoms with Crippen molar-refractivity contribution in [3.05, 3.63) is 82.3 Å². The number of guanidine groups is 1. The lowest BCUT2D eigenvalue weighted by atomic mass is 10.0. The Morgan fingerprint density at radius 1 is 0.929 bits per heavy atom. The second-order valence-corrected chi connectivity index (χ2v) is 10.1. The molecule has 1 heterocycles. The maximum atomic E-state index is 12.8. The third-order valence-electron chi connectivity index (χ3n) is 6.21. The number of carboxylic acid groups (broad SMARTS) is 1. The van der Waals surface area contributed by atoms with Gasteiger partial charge in [-0.05, 0) is 47.9 Å². The first kappa shape index (κ1) is 30.4. The van der Waals surface area contributed by atoms with E-state index >= 15 is 0 Å². The summed E-state index contributed by atoms with van der Waals surface area (Å²) >= 11 is 12.7. The molecule has 42 heavy (non-hydrogen) atoms. The Hall–Kier alpha value is -4.61. The summed E-state index contributed by atoms with van der Waals surface area (Å²) in [6.45, 7) is 0.548. The van der Waals surface area contributed by atoms with Gasteiger partial charge < -0.3 is 31.7 Å². The van der Waals surface area contributed by atoms with Crippen molar-refractivity contribution in [1.82, 2.24) is 16.0 Å². The van der Waals surface area contributed by atoms with E-state index in [4.69, 9.17) is 23.2 Å². The van der Waals surface area contributed by atoms with E-state index in [2.05, 4.69) is 31.6 Å². The minimum absolute atomic E-state index is 0.0518. The zero-order chi connectivity index (χ0) is 30.1. The number of nitrogens with zero attached hydrogens (tertiary/aromatic N) is 1. The fourth-order valence-corrected chi connectivity index (χ4v) is 4.61. The summed E-state index contributed by atoms with van der Waals surface area (Å²) in [5, 5.41) is 23.4. The smallest absolute Gasteiger partial charge is 0.317 e. The SMILES string of the molecule is O=C(CNC(=O)c1cccc(NC2=NCCCN2)c1)NC[C@H](C(=O)O)C(=O)Nc1c(Cl)cc(-c2ccccc2)cc1Cl. The highest BCUT2D eigenvalue weighted by Gasteiger charge is 2.28. The molecule has 6 N–H and O–H groups in total. The van der Waals surface area contributed by atoms with Crippen LogP contribution in [0.25, 0.3) is 11.1 Å². The molecule has 0 aromatic heterocycles. The summed E-state index contributed by atoms with van der Waals surface area (Å²) in [6, 6.07) is 19.2. The van der Waals surface area contributed by atoms with E-state index in [1.165, 1.54) is 0 Å². The predicted molar refractivity (Wildman–Crippen MR) is 162 cm³/mol. The number of aliphatic imine (C=N–C) groups is 1. The number of halogens is 2. The highest BCUT2D eigenvalue weighted by atomic mass is 35.5. The fraction of sp³-hybridized carbons (Fsp3) is 0.207. The Kier molecular flexibility index (Phi) is 10.4. The summed E-state index contributed by atoms with van der Waals surface area (Å²) in [6.07, 6.45) is 0.944. The highest BCUT2D eigenvalue weighted by molar-refractivity contribution is 6.40. The number of aliphatic carboxylic acids is 1. The maximum absolute atomic E-state index is 12.8. The molecular formula is C29H28Cl2N6O5. The highest BCUT2D eigenvalue weighted by Crippen LogP contribution is 2.36. The fourth-order valence-electron chi connectivity index (χ4n) is 4.02. The van der Waals surface area contributed by atoms with E-state index in [0.717, 1.165) is 18.5 Å². The minimum atomic E-state index is -1.65. The molecule has 0 spiro atoms. The molecule has 0 saturated carbocycles. The molecule has 11 nitrogen and oxygen atoms in total. The number of hydrogen-bond acceptors (Lipinski definition) is 7. The molecule has 218 valence electrons. The van der Waals surface area contributed by atoms with Crippen molar-refractivity contribution in [3.63, 3.8) is 0 Å². The lowest BCUT2D eigenvalue weighted by Gasteiger charge is -2.17. The monoisotopic (exact) mass is 610 g/mol. The normalized spacial score (nSPS) is 13.1. The van der Waals surface area contributed by atoms with Crippen LogP contribution in [0.4, 0.5) is 11.4 Å². The summed E-state index contributed by atoms with van der Waals surface area (Å²) in [7, 11) is 0. The van der Waals surface area contributed by atoms with Gasteiger partial charge in [0.2, 0.25) is 11.8 Å². The number of rotatable bonds is 10. The Morgan fingerprint density at radius 2 is 1.67 bits per heavy atom. The Morgan fingerprint density at radius 3 is 2.33 bits per heavy atom. The molecule has 0 bridgehead atoms. The van der Waals surface area contributed by atoms with E-state index in [0.29, 0.717) is 29.3 Å². The molecule has 0 saturated heterocycles. The van der Waals surface area contributed by atoms with Gasteiger partial charge in [0.1, 0.15) is 0 Å². The van der Waals surface area contributed by atoms with Gasteiger partial charge in [0, 0.05) is 30.9 Å². The second-order valence-electron chi connectivity index (χ2n) is 9.26. The van der Waals surface area contributed by atoms with Crippen LogP contribution in [0.3, 0.4) is 0 Å². The quantitative estimate of drug-likeness (QED) is 0.191. The molecule has 1 aliphatic heterocycles. The van der Waals surface area contributed by atoms with E-state index < -0.39 is 42.7 Å². The van der Waals surface area contributed by atoms with Gasteiger partial charge in [-0.1, -0.05) is 59.6 Å². The number of carbonyl (C=O) groups excluding carboxylic acids is 3. The van der Waals surface area contributed by atoms with Gasteiger partial charge in [-0.15, -0.1) is 0 Å². The number of hydrogen-bond donors (Lipinski definition) is 6. The maximum Gasteiger partial charge on any atom is 0.317 e. The molecule has 1 atom stereocenters. The zero-order valence-corrected chi connectivity index (χ0v) is 23.8. The number of benzene rings is 3. The first-order chi connectivity index (χ1) is 20.2. The van der Waals surface area contributed by atoms with Gasteiger partial charge in [-0.25, -0.2) is 0 Å². The molecule has 3 aromatic carbocycles. The molecule has 0 fully saturated rings. The summed E-state index contributed by atoms with van der Waals surface area (Å²) in [5.74, 6) is -4.62. The van der Waals surface area contributed by atoms with Gasteiger partial charge in [0.15, 0.2) is 11.9 Å². The lowest BCUT2D eigenvalue weighted by Crippen LogP contribution is -2.43. The van der Waals surface area contributed by atoms with Crippen LogP contribution in [-0.2, 0) is 14.4 Å². The van der Waals surface area contributed by atoms with Gasteiger partial charge in [-0.2, -0.15) is 0 Å². The van der Waals surface area contributed by atoms with E-state index in [-0.39, 0.29) is 15.7 Å². The van der Waals surface area contributed by atoms with Gasteiger partial charge in [0.05, 0.1) is 22.3 Å². The van der Waals surface area contributed by atoms with Crippen molar-refractivity contribution in [2.24, 2.45) is 10.9 Å². The van der Waals surface area contributed by atoms with Crippen molar-refractivity contribution < 1.29 is 24.3 Å². The number of carbonyl (C=O) groups is 4. The number of anilines is 2. The number of amides is 3. The summed E-state index contributed by atoms with van der Waals surface area (Å²) < 4.78 is 0. The molecular weight excluding hydrogens is 583 g/mol. The van der Waals surface area contributed by atoms with Crippen LogP contribution in [0, 0.1) is 5.92 Å². The van der Waals surface area contributed by atoms with Crippen LogP contribution in [0.2, 0.25) is 10.0 Å². The van der Waals surface area contributed by atoms with Crippen molar-refractivity contribution in [2.45, 2.75) is 6.42 Å². The lowest BCUT2D eigenvalue weighted by molar-refractivity contribution is -0.145. The average Bonchev–Trinajstić information content (AvgIpc) is 2.98. The average molecular weight is 611 g/mol. The molecule has 13 heteroatoms. The predicted octanol–water partition coefficient (Wildman–Crippen LogP) is 3.61. The second kappa shape index (κ2) is 14.3. The summed E-state index contributed by atoms with van der Waals surface area (Å²) in [5.41, 5.74) is 2.57. The van der Waals surface area contributed by atoms with Crippen LogP contribution in [0.1, 0.15) is 16.8 Å². The van der Waals surface area contributed by atoms with Crippen LogP contribution in [0.5, 0.6) is 0 Å². The van der Waals surface area contributed by atoms with E-state index in [9.17, 15) is 24.3 Å². The molecule has 3 aromatic rings. The standard InChI is InChI=1S/C29H28Cl2N6O5/c30-22-13-19(17-6-2-1-3-7-17)14-23(31)25(22)37-27(40)21(28(41)42)15-34-24(38)16-35-26(39)18-8-4-9-20(12-18)36-29-32-10-5-11-33-29/h1-4,6-9,12-14,21H,5,10-11,15-16H2,(H,34,38)(H,35,39)(H,37,40)(H,41,42)(H2,32,33,36)/t21-/m0/s1. The zero-order valence-electron chi connectivity index (χ0n) is 22.2. The van der Waals surface area contributed by atoms with Crippen molar-refractivity contribution >= 4 is 64.2 Å². The third kappa shape index (κ3) is 8.21. The molecule has 4 rings (SSSR count). The topological polar surface area (TPSA) is 161 Å². The number of carboxylic acids is 1. The van der Waals surface area contributed by atoms with Gasteiger partial charge in [0.25, 0.3) is 5.91 Å². The van der Waals surface area contributed by atoms with E-state index in [1.54, 1.807) is 36.4 Å².